The SMILES string of the molecule is Cc1nc2c(OCCCO)cccc2[nH]1. The Hall–Kier alpha value is -1.55. The average molecular weight is 206 g/mol. The lowest BCUT2D eigenvalue weighted by atomic mass is 10.3. The Balaban J connectivity index is 2.25. The molecule has 0 bridgehead atoms. The lowest BCUT2D eigenvalue weighted by Gasteiger charge is -2.04. The van der Waals surface area contributed by atoms with Crippen LogP contribution in [0.25, 0.3) is 11.0 Å². The van der Waals surface area contributed by atoms with Gasteiger partial charge in [-0.15, -0.1) is 0 Å². The largest absolute Gasteiger partial charge is 0.491 e. The highest BCUT2D eigenvalue weighted by atomic mass is 16.5. The van der Waals surface area contributed by atoms with Gasteiger partial charge in [-0.25, -0.2) is 4.98 Å². The third-order valence-electron chi connectivity index (χ3n) is 2.15. The number of nitrogens with zero attached hydrogens (tertiary/aromatic N) is 1. The molecular weight excluding hydrogens is 192 g/mol. The number of benzene rings is 1. The average Bonchev–Trinajstić information content (AvgIpc) is 2.59. The number of aryl methyl sites for hydroxylation is 1. The fourth-order valence-corrected chi connectivity index (χ4v) is 1.49. The molecule has 0 aliphatic carbocycles. The van der Waals surface area contributed by atoms with Crippen LogP contribution >= 0.6 is 0 Å². The van der Waals surface area contributed by atoms with Crippen molar-refractivity contribution in [3.63, 3.8) is 0 Å². The van der Waals surface area contributed by atoms with E-state index in [9.17, 15) is 0 Å². The van der Waals surface area contributed by atoms with Gasteiger partial charge in [-0.2, -0.15) is 0 Å². The molecule has 1 aromatic heterocycles. The van der Waals surface area contributed by atoms with Crippen molar-refractivity contribution in [1.82, 2.24) is 9.97 Å². The van der Waals surface area contributed by atoms with E-state index >= 15 is 0 Å². The van der Waals surface area contributed by atoms with Gasteiger partial charge in [0.15, 0.2) is 0 Å². The van der Waals surface area contributed by atoms with Gasteiger partial charge in [-0.1, -0.05) is 6.07 Å². The maximum absolute atomic E-state index is 8.66. The zero-order valence-corrected chi connectivity index (χ0v) is 8.66. The van der Waals surface area contributed by atoms with Crippen LogP contribution < -0.4 is 4.74 Å². The molecule has 0 amide bonds. The zero-order chi connectivity index (χ0) is 10.7. The highest BCUT2D eigenvalue weighted by Gasteiger charge is 2.05. The number of H-pyrrole nitrogens is 1. The third kappa shape index (κ3) is 2.10. The van der Waals surface area contributed by atoms with Crippen molar-refractivity contribution in [2.24, 2.45) is 0 Å². The van der Waals surface area contributed by atoms with Gasteiger partial charge in [0.2, 0.25) is 0 Å². The van der Waals surface area contributed by atoms with E-state index in [0.29, 0.717) is 13.0 Å². The van der Waals surface area contributed by atoms with Crippen LogP contribution in [0.5, 0.6) is 5.75 Å². The first kappa shape index (κ1) is 9.98. The Morgan fingerprint density at radius 2 is 2.33 bits per heavy atom. The fraction of sp³-hybridized carbons (Fsp3) is 0.364. The number of fused-ring (bicyclic) bond motifs is 1. The summed E-state index contributed by atoms with van der Waals surface area (Å²) in [6, 6.07) is 5.78. The Labute approximate surface area is 87.9 Å². The van der Waals surface area contributed by atoms with E-state index in [-0.39, 0.29) is 6.61 Å². The number of aromatic amines is 1. The van der Waals surface area contributed by atoms with Crippen LogP contribution in [-0.4, -0.2) is 28.3 Å². The van der Waals surface area contributed by atoms with Crippen molar-refractivity contribution in [2.75, 3.05) is 13.2 Å². The second-order valence-electron chi connectivity index (χ2n) is 3.40. The van der Waals surface area contributed by atoms with E-state index in [0.717, 1.165) is 22.6 Å². The summed E-state index contributed by atoms with van der Waals surface area (Å²) in [5, 5.41) is 8.66. The monoisotopic (exact) mass is 206 g/mol. The Bertz CT molecular complexity index is 451. The van der Waals surface area contributed by atoms with Crippen LogP contribution in [0, 0.1) is 6.92 Å². The lowest BCUT2D eigenvalue weighted by Crippen LogP contribution is -1.99. The molecule has 15 heavy (non-hydrogen) atoms. The number of para-hydroxylation sites is 1. The summed E-state index contributed by atoms with van der Waals surface area (Å²) in [6.45, 7) is 2.58. The summed E-state index contributed by atoms with van der Waals surface area (Å²) < 4.78 is 5.53. The molecule has 0 aliphatic rings. The molecule has 2 N–H and O–H groups in total. The lowest BCUT2D eigenvalue weighted by molar-refractivity contribution is 0.234. The van der Waals surface area contributed by atoms with Crippen molar-refractivity contribution in [3.05, 3.63) is 24.0 Å². The first-order valence-electron chi connectivity index (χ1n) is 5.00. The Morgan fingerprint density at radius 1 is 1.47 bits per heavy atom. The number of hydrogen-bond donors (Lipinski definition) is 2. The van der Waals surface area contributed by atoms with Crippen LogP contribution in [0.3, 0.4) is 0 Å². The molecule has 0 saturated carbocycles. The number of aliphatic hydroxyl groups excluding tert-OH is 1. The molecule has 0 spiro atoms. The molecule has 0 atom stereocenters. The van der Waals surface area contributed by atoms with Gasteiger partial charge in [-0.3, -0.25) is 0 Å². The summed E-state index contributed by atoms with van der Waals surface area (Å²) in [4.78, 5) is 7.50. The zero-order valence-electron chi connectivity index (χ0n) is 8.66. The first-order chi connectivity index (χ1) is 7.31. The quantitative estimate of drug-likeness (QED) is 0.747. The second kappa shape index (κ2) is 4.31. The Kier molecular flexibility index (Phi) is 2.87. The summed E-state index contributed by atoms with van der Waals surface area (Å²) in [6.07, 6.45) is 0.639. The molecule has 1 heterocycles. The summed E-state index contributed by atoms with van der Waals surface area (Å²) in [5.41, 5.74) is 1.84. The number of nitrogens with one attached hydrogen (secondary N) is 1. The van der Waals surface area contributed by atoms with E-state index in [4.69, 9.17) is 9.84 Å². The maximum atomic E-state index is 8.66. The van der Waals surface area contributed by atoms with E-state index in [1.807, 2.05) is 25.1 Å². The molecule has 2 aromatic rings. The summed E-state index contributed by atoms with van der Waals surface area (Å²) in [5.74, 6) is 1.65. The topological polar surface area (TPSA) is 58.1 Å². The number of hydrogen-bond acceptors (Lipinski definition) is 3. The third-order valence-corrected chi connectivity index (χ3v) is 2.15. The van der Waals surface area contributed by atoms with Crippen LogP contribution in [-0.2, 0) is 0 Å². The predicted molar refractivity (Wildman–Crippen MR) is 58.0 cm³/mol. The van der Waals surface area contributed by atoms with Gasteiger partial charge < -0.3 is 14.8 Å². The van der Waals surface area contributed by atoms with Crippen LogP contribution in [0.2, 0.25) is 0 Å². The standard InChI is InChI=1S/C11H14N2O2/c1-8-12-9-4-2-5-10(11(9)13-8)15-7-3-6-14/h2,4-5,14H,3,6-7H2,1H3,(H,12,13). The van der Waals surface area contributed by atoms with Gasteiger partial charge in [-0.05, 0) is 19.1 Å². The molecule has 0 aliphatic heterocycles. The Morgan fingerprint density at radius 3 is 3.13 bits per heavy atom. The first-order valence-corrected chi connectivity index (χ1v) is 5.00. The molecule has 2 rings (SSSR count). The minimum Gasteiger partial charge on any atom is -0.491 e. The van der Waals surface area contributed by atoms with Crippen LogP contribution in [0.4, 0.5) is 0 Å². The summed E-state index contributed by atoms with van der Waals surface area (Å²) in [7, 11) is 0. The van der Waals surface area contributed by atoms with Gasteiger partial charge in [0.05, 0.1) is 12.1 Å². The number of aromatic nitrogens is 2. The minimum absolute atomic E-state index is 0.148. The molecule has 0 unspecified atom stereocenters. The van der Waals surface area contributed by atoms with Gasteiger partial charge in [0.1, 0.15) is 17.1 Å². The van der Waals surface area contributed by atoms with E-state index in [2.05, 4.69) is 9.97 Å². The maximum Gasteiger partial charge on any atom is 0.147 e. The van der Waals surface area contributed by atoms with Crippen molar-refractivity contribution in [3.8, 4) is 5.75 Å². The minimum atomic E-state index is 0.148. The number of rotatable bonds is 4. The molecule has 80 valence electrons. The molecule has 0 fully saturated rings. The molecule has 4 nitrogen and oxygen atoms in total. The molecule has 0 radical (unpaired) electrons. The van der Waals surface area contributed by atoms with Gasteiger partial charge >= 0.3 is 0 Å². The van der Waals surface area contributed by atoms with Gasteiger partial charge in [0, 0.05) is 13.0 Å². The van der Waals surface area contributed by atoms with Crippen molar-refractivity contribution >= 4 is 11.0 Å². The number of aliphatic hydroxyl groups is 1. The summed E-state index contributed by atoms with van der Waals surface area (Å²) >= 11 is 0. The molecule has 1 aromatic carbocycles. The second-order valence-corrected chi connectivity index (χ2v) is 3.40. The molecule has 4 heteroatoms. The number of imidazole rings is 1. The smallest absolute Gasteiger partial charge is 0.147 e. The van der Waals surface area contributed by atoms with Crippen molar-refractivity contribution in [1.29, 1.82) is 0 Å². The van der Waals surface area contributed by atoms with Crippen molar-refractivity contribution < 1.29 is 9.84 Å². The normalized spacial score (nSPS) is 10.8. The predicted octanol–water partition coefficient (Wildman–Crippen LogP) is 1.63. The van der Waals surface area contributed by atoms with Crippen LogP contribution in [0.15, 0.2) is 18.2 Å². The van der Waals surface area contributed by atoms with Crippen molar-refractivity contribution in [2.45, 2.75) is 13.3 Å². The highest BCUT2D eigenvalue weighted by Crippen LogP contribution is 2.23. The van der Waals surface area contributed by atoms with E-state index < -0.39 is 0 Å². The van der Waals surface area contributed by atoms with E-state index in [1.165, 1.54) is 0 Å². The highest BCUT2D eigenvalue weighted by molar-refractivity contribution is 5.81. The fourth-order valence-electron chi connectivity index (χ4n) is 1.49. The molecule has 0 saturated heterocycles. The van der Waals surface area contributed by atoms with E-state index in [1.54, 1.807) is 0 Å². The number of ether oxygens (including phenoxy) is 1. The van der Waals surface area contributed by atoms with Gasteiger partial charge in [0.25, 0.3) is 0 Å². The van der Waals surface area contributed by atoms with Crippen LogP contribution in [0.1, 0.15) is 12.2 Å². The molecular formula is C11H14N2O2.